The summed E-state index contributed by atoms with van der Waals surface area (Å²) in [6, 6.07) is 8.37. The quantitative estimate of drug-likeness (QED) is 0.734. The number of anilines is 1. The largest absolute Gasteiger partial charge is 0.325 e. The van der Waals surface area contributed by atoms with Crippen LogP contribution in [0, 0.1) is 3.57 Å². The lowest BCUT2D eigenvalue weighted by Crippen LogP contribution is -2.41. The van der Waals surface area contributed by atoms with Gasteiger partial charge in [-0.3, -0.25) is 9.69 Å². The van der Waals surface area contributed by atoms with Crippen molar-refractivity contribution in [2.45, 2.75) is 18.9 Å². The lowest BCUT2D eigenvalue weighted by atomic mass is 10.2. The van der Waals surface area contributed by atoms with Crippen LogP contribution in [0.1, 0.15) is 12.8 Å². The van der Waals surface area contributed by atoms with E-state index in [0.717, 1.165) is 22.3 Å². The Labute approximate surface area is 140 Å². The molecule has 1 amide bonds. The molecule has 112 valence electrons. The Morgan fingerprint density at radius 2 is 2.30 bits per heavy atom. The van der Waals surface area contributed by atoms with Gasteiger partial charge in [-0.25, -0.2) is 0 Å². The van der Waals surface area contributed by atoms with E-state index in [1.165, 1.54) is 12.8 Å². The van der Waals surface area contributed by atoms with Gasteiger partial charge in [-0.05, 0) is 67.2 Å². The minimum Gasteiger partial charge on any atom is -0.325 e. The van der Waals surface area contributed by atoms with Gasteiger partial charge < -0.3 is 10.6 Å². The zero-order chi connectivity index (χ0) is 13.7. The van der Waals surface area contributed by atoms with Crippen molar-refractivity contribution in [2.75, 3.05) is 32.0 Å². The number of nitrogens with one attached hydrogen (secondary N) is 2. The highest BCUT2D eigenvalue weighted by Gasteiger charge is 2.25. The minimum absolute atomic E-state index is 0. The molecule has 1 fully saturated rings. The molecule has 6 heteroatoms. The Morgan fingerprint density at radius 3 is 3.00 bits per heavy atom. The van der Waals surface area contributed by atoms with E-state index in [4.69, 9.17) is 0 Å². The smallest absolute Gasteiger partial charge is 0.238 e. The Bertz CT molecular complexity index is 444. The maximum atomic E-state index is 12.1. The van der Waals surface area contributed by atoms with Crippen LogP contribution in [0.15, 0.2) is 24.3 Å². The highest BCUT2D eigenvalue weighted by atomic mass is 127. The van der Waals surface area contributed by atoms with Crippen LogP contribution in [0.25, 0.3) is 0 Å². The van der Waals surface area contributed by atoms with Gasteiger partial charge in [0.05, 0.1) is 6.54 Å². The average molecular weight is 410 g/mol. The average Bonchev–Trinajstić information content (AvgIpc) is 2.77. The molecule has 1 aromatic rings. The van der Waals surface area contributed by atoms with Gasteiger partial charge in [-0.2, -0.15) is 0 Å². The lowest BCUT2D eigenvalue weighted by molar-refractivity contribution is -0.117. The van der Waals surface area contributed by atoms with Crippen LogP contribution in [0.4, 0.5) is 5.69 Å². The molecule has 2 rings (SSSR count). The van der Waals surface area contributed by atoms with Crippen LogP contribution in [0.2, 0.25) is 0 Å². The molecule has 0 saturated carbocycles. The molecule has 2 N–H and O–H groups in total. The van der Waals surface area contributed by atoms with Crippen LogP contribution in [-0.4, -0.2) is 43.5 Å². The summed E-state index contributed by atoms with van der Waals surface area (Å²) in [5.74, 6) is 0.0741. The van der Waals surface area contributed by atoms with Gasteiger partial charge in [0.25, 0.3) is 0 Å². The molecule has 1 saturated heterocycles. The summed E-state index contributed by atoms with van der Waals surface area (Å²) in [6.45, 7) is 2.46. The monoisotopic (exact) mass is 409 g/mol. The topological polar surface area (TPSA) is 44.4 Å². The second-order valence-electron chi connectivity index (χ2n) is 4.88. The fourth-order valence-corrected chi connectivity index (χ4v) is 3.06. The van der Waals surface area contributed by atoms with Crippen molar-refractivity contribution >= 4 is 46.6 Å². The summed E-state index contributed by atoms with van der Waals surface area (Å²) in [6.07, 6.45) is 2.36. The molecule has 1 aliphatic heterocycles. The Balaban J connectivity index is 0.00000200. The number of halogens is 2. The Morgan fingerprint density at radius 1 is 1.50 bits per heavy atom. The zero-order valence-electron chi connectivity index (χ0n) is 11.6. The van der Waals surface area contributed by atoms with Gasteiger partial charge in [0.1, 0.15) is 0 Å². The van der Waals surface area contributed by atoms with E-state index in [2.05, 4.69) is 38.1 Å². The first kappa shape index (κ1) is 17.7. The predicted octanol–water partition coefficient (Wildman–Crippen LogP) is 2.34. The third-order valence-corrected chi connectivity index (χ3v) is 4.06. The van der Waals surface area contributed by atoms with Crippen LogP contribution >= 0.6 is 35.0 Å². The number of benzene rings is 1. The standard InChI is InChI=1S/C14H20IN3O.ClH/c1-16-9-13-6-3-7-18(13)10-14(19)17-12-5-2-4-11(15)8-12;/h2,4-5,8,13,16H,3,6-7,9-10H2,1H3,(H,17,19);1H. The number of amides is 1. The summed E-state index contributed by atoms with van der Waals surface area (Å²) in [7, 11) is 1.96. The fourth-order valence-electron chi connectivity index (χ4n) is 2.52. The molecule has 0 aromatic heterocycles. The summed E-state index contributed by atoms with van der Waals surface area (Å²) in [5, 5.41) is 6.16. The SMILES string of the molecule is CNCC1CCCN1CC(=O)Nc1cccc(I)c1.Cl. The van der Waals surface area contributed by atoms with Gasteiger partial charge in [0.2, 0.25) is 5.91 Å². The van der Waals surface area contributed by atoms with E-state index in [1.54, 1.807) is 0 Å². The van der Waals surface area contributed by atoms with Crippen molar-refractivity contribution in [3.05, 3.63) is 27.8 Å². The molecule has 4 nitrogen and oxygen atoms in total. The Hall–Kier alpha value is -0.370. The molecule has 1 aromatic carbocycles. The first-order valence-corrected chi connectivity index (χ1v) is 7.71. The lowest BCUT2D eigenvalue weighted by Gasteiger charge is -2.23. The van der Waals surface area contributed by atoms with Crippen molar-refractivity contribution in [1.82, 2.24) is 10.2 Å². The number of hydrogen-bond acceptors (Lipinski definition) is 3. The van der Waals surface area contributed by atoms with E-state index in [1.807, 2.05) is 31.3 Å². The molecule has 1 atom stereocenters. The third kappa shape index (κ3) is 5.20. The van der Waals surface area contributed by atoms with E-state index in [9.17, 15) is 4.79 Å². The van der Waals surface area contributed by atoms with Gasteiger partial charge in [-0.15, -0.1) is 12.4 Å². The van der Waals surface area contributed by atoms with Crippen molar-refractivity contribution in [3.8, 4) is 0 Å². The molecule has 0 bridgehead atoms. The highest BCUT2D eigenvalue weighted by molar-refractivity contribution is 14.1. The number of carbonyl (C=O) groups is 1. The maximum Gasteiger partial charge on any atom is 0.238 e. The molecule has 0 spiro atoms. The predicted molar refractivity (Wildman–Crippen MR) is 93.6 cm³/mol. The number of nitrogens with zero attached hydrogens (tertiary/aromatic N) is 1. The molecular weight excluding hydrogens is 389 g/mol. The molecule has 1 aliphatic rings. The molecule has 1 unspecified atom stereocenters. The first-order valence-electron chi connectivity index (χ1n) is 6.63. The van der Waals surface area contributed by atoms with E-state index in [-0.39, 0.29) is 18.3 Å². The highest BCUT2D eigenvalue weighted by Crippen LogP contribution is 2.17. The van der Waals surface area contributed by atoms with Crippen LogP contribution < -0.4 is 10.6 Å². The summed E-state index contributed by atoms with van der Waals surface area (Å²) in [5.41, 5.74) is 0.876. The van der Waals surface area contributed by atoms with Gasteiger partial charge in [0.15, 0.2) is 0 Å². The second-order valence-corrected chi connectivity index (χ2v) is 6.13. The van der Waals surface area contributed by atoms with E-state index >= 15 is 0 Å². The van der Waals surface area contributed by atoms with Gasteiger partial charge >= 0.3 is 0 Å². The van der Waals surface area contributed by atoms with E-state index < -0.39 is 0 Å². The number of likely N-dealkylation sites (N-methyl/N-ethyl adjacent to an activating group) is 1. The normalized spacial score (nSPS) is 18.6. The van der Waals surface area contributed by atoms with Crippen molar-refractivity contribution in [2.24, 2.45) is 0 Å². The number of rotatable bonds is 5. The van der Waals surface area contributed by atoms with Crippen LogP contribution in [0.3, 0.4) is 0 Å². The van der Waals surface area contributed by atoms with Gasteiger partial charge in [-0.1, -0.05) is 6.07 Å². The first-order chi connectivity index (χ1) is 9.19. The number of carbonyl (C=O) groups excluding carboxylic acids is 1. The van der Waals surface area contributed by atoms with Crippen molar-refractivity contribution in [1.29, 1.82) is 0 Å². The third-order valence-electron chi connectivity index (χ3n) is 3.39. The second kappa shape index (κ2) is 8.81. The number of hydrogen-bond donors (Lipinski definition) is 2. The van der Waals surface area contributed by atoms with E-state index in [0.29, 0.717) is 12.6 Å². The summed E-state index contributed by atoms with van der Waals surface area (Å²) in [4.78, 5) is 14.3. The van der Waals surface area contributed by atoms with Crippen LogP contribution in [0.5, 0.6) is 0 Å². The molecular formula is C14H21ClIN3O. The molecule has 20 heavy (non-hydrogen) atoms. The van der Waals surface area contributed by atoms with Gasteiger partial charge in [0, 0.05) is 21.8 Å². The van der Waals surface area contributed by atoms with Crippen molar-refractivity contribution < 1.29 is 4.79 Å². The molecule has 0 radical (unpaired) electrons. The minimum atomic E-state index is 0. The van der Waals surface area contributed by atoms with Crippen LogP contribution in [-0.2, 0) is 4.79 Å². The fraction of sp³-hybridized carbons (Fsp3) is 0.500. The number of likely N-dealkylation sites (tertiary alicyclic amines) is 1. The summed E-state index contributed by atoms with van der Waals surface area (Å²) < 4.78 is 1.13. The molecule has 0 aliphatic carbocycles. The molecule has 1 heterocycles. The van der Waals surface area contributed by atoms with Crippen molar-refractivity contribution in [3.63, 3.8) is 0 Å². The Kier molecular flexibility index (Phi) is 7.79. The maximum absolute atomic E-state index is 12.1. The zero-order valence-corrected chi connectivity index (χ0v) is 14.5. The summed E-state index contributed by atoms with van der Waals surface area (Å²) >= 11 is 2.25.